The van der Waals surface area contributed by atoms with Gasteiger partial charge in [0.1, 0.15) is 5.52 Å². The number of pyridine rings is 1. The molecule has 94 valence electrons. The molecule has 0 N–H and O–H groups in total. The Bertz CT molecular complexity index is 589. The molecule has 6 heteroatoms. The lowest BCUT2D eigenvalue weighted by atomic mass is 10.2. The third-order valence-electron chi connectivity index (χ3n) is 3.10. The maximum Gasteiger partial charge on any atom is 0.356 e. The highest BCUT2D eigenvalue weighted by Crippen LogP contribution is 2.18. The average molecular weight is 247 g/mol. The zero-order chi connectivity index (χ0) is 12.5. The number of rotatable bonds is 3. The van der Waals surface area contributed by atoms with Gasteiger partial charge in [-0.05, 0) is 12.5 Å². The van der Waals surface area contributed by atoms with E-state index in [2.05, 4.69) is 14.7 Å². The largest absolute Gasteiger partial charge is 0.464 e. The molecule has 0 bridgehead atoms. The van der Waals surface area contributed by atoms with Crippen LogP contribution >= 0.6 is 0 Å². The van der Waals surface area contributed by atoms with E-state index in [9.17, 15) is 4.79 Å². The Balaban J connectivity index is 1.96. The summed E-state index contributed by atoms with van der Waals surface area (Å²) >= 11 is 0. The van der Waals surface area contributed by atoms with Gasteiger partial charge in [-0.15, -0.1) is 0 Å². The minimum atomic E-state index is -0.440. The maximum atomic E-state index is 11.4. The van der Waals surface area contributed by atoms with Gasteiger partial charge in [-0.1, -0.05) is 0 Å². The molecule has 0 amide bonds. The van der Waals surface area contributed by atoms with Crippen LogP contribution in [0, 0.1) is 0 Å². The van der Waals surface area contributed by atoms with Crippen LogP contribution in [-0.4, -0.2) is 40.3 Å². The first-order valence-electron chi connectivity index (χ1n) is 5.79. The van der Waals surface area contributed by atoms with E-state index in [4.69, 9.17) is 4.74 Å². The van der Waals surface area contributed by atoms with Crippen molar-refractivity contribution in [2.45, 2.75) is 19.1 Å². The van der Waals surface area contributed by atoms with Gasteiger partial charge in [-0.2, -0.15) is 0 Å². The van der Waals surface area contributed by atoms with Gasteiger partial charge >= 0.3 is 5.97 Å². The molecule has 3 rings (SSSR count). The molecule has 18 heavy (non-hydrogen) atoms. The molecule has 1 aliphatic heterocycles. The second-order valence-corrected chi connectivity index (χ2v) is 4.23. The van der Waals surface area contributed by atoms with E-state index in [1.54, 1.807) is 18.6 Å². The molecular weight excluding hydrogens is 234 g/mol. The van der Waals surface area contributed by atoms with E-state index in [1.807, 2.05) is 4.57 Å². The van der Waals surface area contributed by atoms with Gasteiger partial charge in [-0.3, -0.25) is 0 Å². The molecule has 0 aromatic carbocycles. The summed E-state index contributed by atoms with van der Waals surface area (Å²) in [5.74, 6) is -0.440. The van der Waals surface area contributed by atoms with Gasteiger partial charge in [0.25, 0.3) is 0 Å². The molecule has 0 spiro atoms. The van der Waals surface area contributed by atoms with Gasteiger partial charge in [0.15, 0.2) is 5.69 Å². The summed E-state index contributed by atoms with van der Waals surface area (Å²) in [6, 6.07) is 1.70. The van der Waals surface area contributed by atoms with Crippen molar-refractivity contribution in [2.75, 3.05) is 13.7 Å². The Morgan fingerprint density at radius 2 is 2.44 bits per heavy atom. The van der Waals surface area contributed by atoms with E-state index >= 15 is 0 Å². The number of imidazole rings is 1. The minimum Gasteiger partial charge on any atom is -0.464 e. The number of hydrogen-bond donors (Lipinski definition) is 0. The van der Waals surface area contributed by atoms with Gasteiger partial charge in [0.05, 0.1) is 37.8 Å². The van der Waals surface area contributed by atoms with E-state index in [1.165, 1.54) is 7.11 Å². The van der Waals surface area contributed by atoms with E-state index in [-0.39, 0.29) is 6.10 Å². The van der Waals surface area contributed by atoms with Crippen LogP contribution in [0.15, 0.2) is 18.6 Å². The molecule has 2 aromatic rings. The fourth-order valence-corrected chi connectivity index (χ4v) is 1.97. The lowest BCUT2D eigenvalue weighted by molar-refractivity contribution is -0.0586. The van der Waals surface area contributed by atoms with E-state index < -0.39 is 5.97 Å². The fraction of sp³-hybridized carbons (Fsp3) is 0.417. The molecular formula is C12H13N3O3. The standard InChI is InChI=1S/C12H13N3O3/c1-17-12(16)9-4-11-10(5-13-9)14-7-15(11)6-8-2-3-18-8/h4-5,7-8H,2-3,6H2,1H3/t8-/m0/s1. The van der Waals surface area contributed by atoms with Crippen molar-refractivity contribution in [2.24, 2.45) is 0 Å². The summed E-state index contributed by atoms with van der Waals surface area (Å²) < 4.78 is 12.0. The Labute approximate surface area is 104 Å². The Morgan fingerprint density at radius 1 is 1.61 bits per heavy atom. The maximum absolute atomic E-state index is 11.4. The number of nitrogens with zero attached hydrogens (tertiary/aromatic N) is 3. The van der Waals surface area contributed by atoms with Crippen LogP contribution in [0.2, 0.25) is 0 Å². The third kappa shape index (κ3) is 1.84. The topological polar surface area (TPSA) is 66.2 Å². The van der Waals surface area contributed by atoms with E-state index in [0.717, 1.165) is 30.6 Å². The number of carbonyl (C=O) groups excluding carboxylic acids is 1. The summed E-state index contributed by atoms with van der Waals surface area (Å²) in [7, 11) is 1.34. The molecule has 6 nitrogen and oxygen atoms in total. The molecule has 3 heterocycles. The lowest BCUT2D eigenvalue weighted by Crippen LogP contribution is -2.30. The van der Waals surface area contributed by atoms with Crippen molar-refractivity contribution < 1.29 is 14.3 Å². The molecule has 1 atom stereocenters. The van der Waals surface area contributed by atoms with Gasteiger partial charge < -0.3 is 14.0 Å². The van der Waals surface area contributed by atoms with Crippen LogP contribution in [0.4, 0.5) is 0 Å². The van der Waals surface area contributed by atoms with Crippen LogP contribution in [0.1, 0.15) is 16.9 Å². The third-order valence-corrected chi connectivity index (χ3v) is 3.10. The van der Waals surface area contributed by atoms with Crippen molar-refractivity contribution in [1.82, 2.24) is 14.5 Å². The summed E-state index contributed by atoms with van der Waals surface area (Å²) in [4.78, 5) is 19.7. The number of hydrogen-bond acceptors (Lipinski definition) is 5. The molecule has 0 unspecified atom stereocenters. The van der Waals surface area contributed by atoms with Crippen LogP contribution in [0.25, 0.3) is 11.0 Å². The number of methoxy groups -OCH3 is 1. The summed E-state index contributed by atoms with van der Waals surface area (Å²) in [5.41, 5.74) is 1.93. The number of ether oxygens (including phenoxy) is 2. The number of carbonyl (C=O) groups is 1. The number of aromatic nitrogens is 3. The highest BCUT2D eigenvalue weighted by atomic mass is 16.5. The Morgan fingerprint density at radius 3 is 3.11 bits per heavy atom. The van der Waals surface area contributed by atoms with Crippen molar-refractivity contribution in [3.05, 3.63) is 24.3 Å². The zero-order valence-electron chi connectivity index (χ0n) is 10.00. The second-order valence-electron chi connectivity index (χ2n) is 4.23. The SMILES string of the molecule is COC(=O)c1cc2c(cn1)ncn2C[C@@H]1CCO1. The van der Waals surface area contributed by atoms with Gasteiger partial charge in [-0.25, -0.2) is 14.8 Å². The quantitative estimate of drug-likeness (QED) is 0.757. The molecule has 0 saturated carbocycles. The second kappa shape index (κ2) is 4.38. The smallest absolute Gasteiger partial charge is 0.356 e. The van der Waals surface area contributed by atoms with Gasteiger partial charge in [0.2, 0.25) is 0 Å². The Hall–Kier alpha value is -1.95. The van der Waals surface area contributed by atoms with Crippen molar-refractivity contribution in [3.8, 4) is 0 Å². The molecule has 1 saturated heterocycles. The molecule has 1 aliphatic rings. The Kier molecular flexibility index (Phi) is 2.71. The first kappa shape index (κ1) is 11.2. The van der Waals surface area contributed by atoms with Crippen molar-refractivity contribution >= 4 is 17.0 Å². The monoisotopic (exact) mass is 247 g/mol. The average Bonchev–Trinajstić information content (AvgIpc) is 2.75. The predicted octanol–water partition coefficient (Wildman–Crippen LogP) is 1.01. The van der Waals surface area contributed by atoms with Crippen molar-refractivity contribution in [3.63, 3.8) is 0 Å². The molecule has 2 aromatic heterocycles. The fourth-order valence-electron chi connectivity index (χ4n) is 1.97. The van der Waals surface area contributed by atoms with Gasteiger partial charge in [0, 0.05) is 6.61 Å². The summed E-state index contributed by atoms with van der Waals surface area (Å²) in [6.45, 7) is 1.58. The first-order valence-corrected chi connectivity index (χ1v) is 5.79. The van der Waals surface area contributed by atoms with Crippen molar-refractivity contribution in [1.29, 1.82) is 0 Å². The zero-order valence-corrected chi connectivity index (χ0v) is 10.00. The highest BCUT2D eigenvalue weighted by Gasteiger charge is 2.20. The van der Waals surface area contributed by atoms with E-state index in [0.29, 0.717) is 5.69 Å². The van der Waals surface area contributed by atoms with Crippen LogP contribution in [0.3, 0.4) is 0 Å². The number of fused-ring (bicyclic) bond motifs is 1. The lowest BCUT2D eigenvalue weighted by Gasteiger charge is -2.26. The summed E-state index contributed by atoms with van der Waals surface area (Å²) in [6.07, 6.45) is 4.64. The van der Waals surface area contributed by atoms with Crippen LogP contribution in [-0.2, 0) is 16.0 Å². The van der Waals surface area contributed by atoms with Crippen LogP contribution in [0.5, 0.6) is 0 Å². The molecule has 0 aliphatic carbocycles. The molecule has 1 fully saturated rings. The van der Waals surface area contributed by atoms with Crippen LogP contribution < -0.4 is 0 Å². The summed E-state index contributed by atoms with van der Waals surface area (Å²) in [5, 5.41) is 0. The highest BCUT2D eigenvalue weighted by molar-refractivity contribution is 5.91. The minimum absolute atomic E-state index is 0.247. The predicted molar refractivity (Wildman–Crippen MR) is 63.2 cm³/mol. The normalized spacial score (nSPS) is 18.6. The molecule has 0 radical (unpaired) electrons. The number of esters is 1. The first-order chi connectivity index (χ1) is 8.78.